The van der Waals surface area contributed by atoms with Crippen molar-refractivity contribution in [3.63, 3.8) is 0 Å². The Morgan fingerprint density at radius 1 is 1.35 bits per heavy atom. The molecule has 0 aliphatic carbocycles. The molecular formula is C15H19N3O2. The maximum atomic E-state index is 11.9. The number of rotatable bonds is 5. The first-order valence-corrected chi connectivity index (χ1v) is 6.56. The first-order chi connectivity index (χ1) is 9.58. The van der Waals surface area contributed by atoms with Gasteiger partial charge in [0.05, 0.1) is 13.5 Å². The molecule has 2 aromatic rings. The molecule has 5 nitrogen and oxygen atoms in total. The van der Waals surface area contributed by atoms with Crippen LogP contribution in [0.4, 0.5) is 5.82 Å². The number of hydrogen-bond acceptors (Lipinski definition) is 3. The zero-order valence-electron chi connectivity index (χ0n) is 11.9. The second-order valence-electron chi connectivity index (χ2n) is 4.94. The number of nitrogens with one attached hydrogen (secondary N) is 2. The summed E-state index contributed by atoms with van der Waals surface area (Å²) in [5.74, 6) is 1.61. The fourth-order valence-electron chi connectivity index (χ4n) is 1.81. The van der Waals surface area contributed by atoms with Gasteiger partial charge >= 0.3 is 0 Å². The van der Waals surface area contributed by atoms with E-state index >= 15 is 0 Å². The number of hydrogen-bond donors (Lipinski definition) is 2. The number of aromatic amines is 1. The number of carbonyl (C=O) groups is 1. The van der Waals surface area contributed by atoms with E-state index in [1.165, 1.54) is 0 Å². The summed E-state index contributed by atoms with van der Waals surface area (Å²) >= 11 is 0. The first kappa shape index (κ1) is 14.1. The lowest BCUT2D eigenvalue weighted by atomic mass is 10.1. The van der Waals surface area contributed by atoms with E-state index in [0.717, 1.165) is 17.0 Å². The lowest BCUT2D eigenvalue weighted by Crippen LogP contribution is -2.14. The summed E-state index contributed by atoms with van der Waals surface area (Å²) in [6, 6.07) is 9.30. The van der Waals surface area contributed by atoms with Crippen molar-refractivity contribution in [2.24, 2.45) is 0 Å². The molecule has 0 aliphatic heterocycles. The molecule has 106 valence electrons. The van der Waals surface area contributed by atoms with Crippen LogP contribution in [-0.2, 0) is 11.2 Å². The van der Waals surface area contributed by atoms with E-state index in [2.05, 4.69) is 29.4 Å². The molecule has 2 rings (SSSR count). The van der Waals surface area contributed by atoms with Crippen molar-refractivity contribution < 1.29 is 9.53 Å². The van der Waals surface area contributed by atoms with Gasteiger partial charge in [-0.15, -0.1) is 0 Å². The minimum absolute atomic E-state index is 0.0861. The number of benzene rings is 1. The molecule has 0 saturated heterocycles. The zero-order chi connectivity index (χ0) is 14.5. The Hall–Kier alpha value is -2.30. The van der Waals surface area contributed by atoms with Crippen molar-refractivity contribution in [1.29, 1.82) is 0 Å². The molecule has 0 aliphatic rings. The molecule has 1 amide bonds. The van der Waals surface area contributed by atoms with Gasteiger partial charge in [0.15, 0.2) is 5.82 Å². The van der Waals surface area contributed by atoms with Gasteiger partial charge in [-0.25, -0.2) is 0 Å². The minimum atomic E-state index is -0.0861. The van der Waals surface area contributed by atoms with Crippen molar-refractivity contribution in [1.82, 2.24) is 10.2 Å². The molecule has 0 unspecified atom stereocenters. The number of anilines is 1. The molecule has 0 spiro atoms. The quantitative estimate of drug-likeness (QED) is 0.880. The SMILES string of the molecule is COc1ccc(CC(=O)Nc2cc(C(C)C)[nH]n2)cc1. The van der Waals surface area contributed by atoms with Crippen LogP contribution in [0.15, 0.2) is 30.3 Å². The van der Waals surface area contributed by atoms with Gasteiger partial charge in [0, 0.05) is 11.8 Å². The number of H-pyrrole nitrogens is 1. The summed E-state index contributed by atoms with van der Waals surface area (Å²) in [6.07, 6.45) is 0.313. The highest BCUT2D eigenvalue weighted by atomic mass is 16.5. The summed E-state index contributed by atoms with van der Waals surface area (Å²) in [4.78, 5) is 11.9. The van der Waals surface area contributed by atoms with Crippen LogP contribution >= 0.6 is 0 Å². The van der Waals surface area contributed by atoms with E-state index in [-0.39, 0.29) is 5.91 Å². The molecule has 1 aromatic heterocycles. The van der Waals surface area contributed by atoms with E-state index < -0.39 is 0 Å². The van der Waals surface area contributed by atoms with Crippen LogP contribution in [-0.4, -0.2) is 23.2 Å². The lowest BCUT2D eigenvalue weighted by molar-refractivity contribution is -0.115. The normalized spacial score (nSPS) is 10.6. The van der Waals surface area contributed by atoms with Gasteiger partial charge < -0.3 is 10.1 Å². The van der Waals surface area contributed by atoms with Crippen molar-refractivity contribution in [2.75, 3.05) is 12.4 Å². The van der Waals surface area contributed by atoms with E-state index in [1.807, 2.05) is 30.3 Å². The molecule has 2 N–H and O–H groups in total. The monoisotopic (exact) mass is 273 g/mol. The predicted octanol–water partition coefficient (Wildman–Crippen LogP) is 2.72. The first-order valence-electron chi connectivity index (χ1n) is 6.56. The maximum Gasteiger partial charge on any atom is 0.229 e. The molecule has 1 heterocycles. The average molecular weight is 273 g/mol. The fourth-order valence-corrected chi connectivity index (χ4v) is 1.81. The van der Waals surface area contributed by atoms with Gasteiger partial charge in [-0.3, -0.25) is 9.89 Å². The number of amides is 1. The number of aromatic nitrogens is 2. The second-order valence-corrected chi connectivity index (χ2v) is 4.94. The summed E-state index contributed by atoms with van der Waals surface area (Å²) in [5.41, 5.74) is 1.94. The average Bonchev–Trinajstić information content (AvgIpc) is 2.88. The van der Waals surface area contributed by atoms with Crippen molar-refractivity contribution in [2.45, 2.75) is 26.2 Å². The fraction of sp³-hybridized carbons (Fsp3) is 0.333. The van der Waals surface area contributed by atoms with E-state index in [9.17, 15) is 4.79 Å². The number of nitrogens with zero attached hydrogens (tertiary/aromatic N) is 1. The van der Waals surface area contributed by atoms with E-state index in [4.69, 9.17) is 4.74 Å². The van der Waals surface area contributed by atoms with Crippen molar-refractivity contribution >= 4 is 11.7 Å². The summed E-state index contributed by atoms with van der Waals surface area (Å²) in [7, 11) is 1.62. The Bertz CT molecular complexity index is 573. The highest BCUT2D eigenvalue weighted by Gasteiger charge is 2.08. The Labute approximate surface area is 118 Å². The van der Waals surface area contributed by atoms with Gasteiger partial charge in [0.2, 0.25) is 5.91 Å². The van der Waals surface area contributed by atoms with E-state index in [0.29, 0.717) is 18.2 Å². The summed E-state index contributed by atoms with van der Waals surface area (Å²) < 4.78 is 5.08. The van der Waals surface area contributed by atoms with Gasteiger partial charge in [-0.2, -0.15) is 5.10 Å². The van der Waals surface area contributed by atoms with Crippen LogP contribution in [0.25, 0.3) is 0 Å². The van der Waals surface area contributed by atoms with Gasteiger partial charge in [-0.1, -0.05) is 26.0 Å². The van der Waals surface area contributed by atoms with Crippen LogP contribution in [0.2, 0.25) is 0 Å². The number of carbonyl (C=O) groups excluding carboxylic acids is 1. The van der Waals surface area contributed by atoms with Crippen LogP contribution in [0.3, 0.4) is 0 Å². The van der Waals surface area contributed by atoms with Gasteiger partial charge in [0.1, 0.15) is 5.75 Å². The summed E-state index contributed by atoms with van der Waals surface area (Å²) in [6.45, 7) is 4.13. The molecule has 20 heavy (non-hydrogen) atoms. The van der Waals surface area contributed by atoms with Crippen LogP contribution in [0, 0.1) is 0 Å². The minimum Gasteiger partial charge on any atom is -0.497 e. The third-order valence-corrected chi connectivity index (χ3v) is 3.01. The highest BCUT2D eigenvalue weighted by molar-refractivity contribution is 5.91. The maximum absolute atomic E-state index is 11.9. The Morgan fingerprint density at radius 2 is 2.05 bits per heavy atom. The van der Waals surface area contributed by atoms with Crippen LogP contribution in [0.5, 0.6) is 5.75 Å². The topological polar surface area (TPSA) is 67.0 Å². The smallest absolute Gasteiger partial charge is 0.229 e. The molecule has 1 aromatic carbocycles. The molecule has 0 radical (unpaired) electrons. The van der Waals surface area contributed by atoms with Crippen LogP contribution < -0.4 is 10.1 Å². The zero-order valence-corrected chi connectivity index (χ0v) is 11.9. The van der Waals surface area contributed by atoms with E-state index in [1.54, 1.807) is 7.11 Å². The van der Waals surface area contributed by atoms with Crippen molar-refractivity contribution in [3.05, 3.63) is 41.6 Å². The number of methoxy groups -OCH3 is 1. The summed E-state index contributed by atoms with van der Waals surface area (Å²) in [5, 5.41) is 9.76. The standard InChI is InChI=1S/C15H19N3O2/c1-10(2)13-9-14(18-17-13)16-15(19)8-11-4-6-12(20-3)7-5-11/h4-7,9-10H,8H2,1-3H3,(H2,16,17,18,19). The lowest BCUT2D eigenvalue weighted by Gasteiger charge is -2.03. The Kier molecular flexibility index (Phi) is 4.40. The number of ether oxygens (including phenoxy) is 1. The van der Waals surface area contributed by atoms with Crippen LogP contribution in [0.1, 0.15) is 31.0 Å². The molecular weight excluding hydrogens is 254 g/mol. The van der Waals surface area contributed by atoms with Gasteiger partial charge in [0.25, 0.3) is 0 Å². The molecule has 0 saturated carbocycles. The predicted molar refractivity (Wildman–Crippen MR) is 78.0 cm³/mol. The molecule has 0 fully saturated rings. The second kappa shape index (κ2) is 6.23. The highest BCUT2D eigenvalue weighted by Crippen LogP contribution is 2.15. The molecule has 5 heteroatoms. The molecule has 0 atom stereocenters. The van der Waals surface area contributed by atoms with Crippen molar-refractivity contribution in [3.8, 4) is 5.75 Å². The van der Waals surface area contributed by atoms with Gasteiger partial charge in [-0.05, 0) is 23.6 Å². The Morgan fingerprint density at radius 3 is 2.60 bits per heavy atom. The Balaban J connectivity index is 1.93. The molecule has 0 bridgehead atoms. The largest absolute Gasteiger partial charge is 0.497 e. The third-order valence-electron chi connectivity index (χ3n) is 3.01. The third kappa shape index (κ3) is 3.60.